The number of amides is 1. The van der Waals surface area contributed by atoms with Gasteiger partial charge in [-0.1, -0.05) is 30.7 Å². The Kier molecular flexibility index (Phi) is 7.69. The number of ether oxygens (including phenoxy) is 1. The van der Waals surface area contributed by atoms with E-state index in [9.17, 15) is 18.0 Å². The van der Waals surface area contributed by atoms with Crippen LogP contribution in [0.5, 0.6) is 0 Å². The molecule has 0 bridgehead atoms. The molecule has 1 heterocycles. The van der Waals surface area contributed by atoms with Crippen LogP contribution in [0.4, 0.5) is 5.69 Å². The Bertz CT molecular complexity index is 1070. The number of para-hydroxylation sites is 1. The van der Waals surface area contributed by atoms with Gasteiger partial charge in [-0.3, -0.25) is 4.79 Å². The zero-order chi connectivity index (χ0) is 23.3. The summed E-state index contributed by atoms with van der Waals surface area (Å²) in [6, 6.07) is 13.5. The molecule has 0 aliphatic carbocycles. The van der Waals surface area contributed by atoms with E-state index in [0.717, 1.165) is 24.9 Å². The summed E-state index contributed by atoms with van der Waals surface area (Å²) in [6.45, 7) is 5.92. The van der Waals surface area contributed by atoms with Crippen molar-refractivity contribution < 1.29 is 22.7 Å². The van der Waals surface area contributed by atoms with Crippen molar-refractivity contribution in [3.63, 3.8) is 0 Å². The van der Waals surface area contributed by atoms with Gasteiger partial charge in [-0.15, -0.1) is 0 Å². The van der Waals surface area contributed by atoms with E-state index in [1.54, 1.807) is 13.0 Å². The van der Waals surface area contributed by atoms with Crippen LogP contribution >= 0.6 is 0 Å². The van der Waals surface area contributed by atoms with Crippen LogP contribution in [0.15, 0.2) is 53.4 Å². The standard InChI is InChI=1S/C24H30N2O5S/c1-4-25(20-11-6-5-7-12-20)23(27)17-31-24(28)22-16-21(14-13-18(22)2)32(29,30)26-15-9-8-10-19(26)3/h5-7,11-14,16,19H,4,8-10,15,17H2,1-3H3. The lowest BCUT2D eigenvalue weighted by Crippen LogP contribution is -2.42. The number of aryl methyl sites for hydroxylation is 1. The molecule has 1 aliphatic rings. The number of likely N-dealkylation sites (N-methyl/N-ethyl adjacent to an activating group) is 1. The summed E-state index contributed by atoms with van der Waals surface area (Å²) >= 11 is 0. The molecule has 1 unspecified atom stereocenters. The first-order chi connectivity index (χ1) is 15.3. The first kappa shape index (κ1) is 23.9. The molecule has 172 valence electrons. The SMILES string of the molecule is CCN(C(=O)COC(=O)c1cc(S(=O)(=O)N2CCCCC2C)ccc1C)c1ccccc1. The molecular formula is C24H30N2O5S. The van der Waals surface area contributed by atoms with Crippen molar-refractivity contribution in [2.24, 2.45) is 0 Å². The summed E-state index contributed by atoms with van der Waals surface area (Å²) in [5.74, 6) is -1.07. The maximum atomic E-state index is 13.1. The van der Waals surface area contributed by atoms with Crippen LogP contribution in [0.3, 0.4) is 0 Å². The maximum absolute atomic E-state index is 13.1. The third-order valence-electron chi connectivity index (χ3n) is 5.79. The number of esters is 1. The van der Waals surface area contributed by atoms with Gasteiger partial charge in [0, 0.05) is 24.8 Å². The van der Waals surface area contributed by atoms with Crippen molar-refractivity contribution in [1.29, 1.82) is 0 Å². The van der Waals surface area contributed by atoms with Gasteiger partial charge in [-0.05, 0) is 63.4 Å². The summed E-state index contributed by atoms with van der Waals surface area (Å²) in [4.78, 5) is 26.9. The van der Waals surface area contributed by atoms with Gasteiger partial charge in [0.15, 0.2) is 6.61 Å². The molecule has 0 radical (unpaired) electrons. The van der Waals surface area contributed by atoms with Crippen molar-refractivity contribution in [2.75, 3.05) is 24.6 Å². The number of piperidine rings is 1. The molecule has 8 heteroatoms. The molecule has 1 amide bonds. The van der Waals surface area contributed by atoms with Gasteiger partial charge < -0.3 is 9.64 Å². The van der Waals surface area contributed by atoms with Gasteiger partial charge in [0.2, 0.25) is 10.0 Å². The lowest BCUT2D eigenvalue weighted by Gasteiger charge is -2.32. The van der Waals surface area contributed by atoms with Gasteiger partial charge in [-0.2, -0.15) is 4.31 Å². The van der Waals surface area contributed by atoms with Crippen molar-refractivity contribution in [2.45, 2.75) is 51.0 Å². The van der Waals surface area contributed by atoms with E-state index in [1.807, 2.05) is 44.2 Å². The second-order valence-corrected chi connectivity index (χ2v) is 9.88. The molecular weight excluding hydrogens is 428 g/mol. The van der Waals surface area contributed by atoms with Gasteiger partial charge in [0.25, 0.3) is 5.91 Å². The maximum Gasteiger partial charge on any atom is 0.338 e. The van der Waals surface area contributed by atoms with E-state index in [0.29, 0.717) is 18.7 Å². The molecule has 3 rings (SSSR count). The lowest BCUT2D eigenvalue weighted by molar-refractivity contribution is -0.121. The highest BCUT2D eigenvalue weighted by atomic mass is 32.2. The van der Waals surface area contributed by atoms with Crippen molar-refractivity contribution in [3.8, 4) is 0 Å². The number of nitrogens with zero attached hydrogens (tertiary/aromatic N) is 2. The zero-order valence-electron chi connectivity index (χ0n) is 18.8. The van der Waals surface area contributed by atoms with Crippen LogP contribution in [0.25, 0.3) is 0 Å². The largest absolute Gasteiger partial charge is 0.452 e. The lowest BCUT2D eigenvalue weighted by atomic mass is 10.1. The van der Waals surface area contributed by atoms with Gasteiger partial charge >= 0.3 is 5.97 Å². The Morgan fingerprint density at radius 1 is 1.12 bits per heavy atom. The van der Waals surface area contributed by atoms with Gasteiger partial charge in [-0.25, -0.2) is 13.2 Å². The average molecular weight is 459 g/mol. The third-order valence-corrected chi connectivity index (χ3v) is 7.80. The molecule has 32 heavy (non-hydrogen) atoms. The Balaban J connectivity index is 1.75. The molecule has 0 spiro atoms. The Morgan fingerprint density at radius 2 is 1.84 bits per heavy atom. The number of rotatable bonds is 7. The minimum atomic E-state index is -3.72. The van der Waals surface area contributed by atoms with Crippen LogP contribution in [-0.4, -0.2) is 50.3 Å². The van der Waals surface area contributed by atoms with E-state index in [2.05, 4.69) is 0 Å². The quantitative estimate of drug-likeness (QED) is 0.590. The predicted molar refractivity (Wildman–Crippen MR) is 123 cm³/mol. The monoisotopic (exact) mass is 458 g/mol. The molecule has 2 aromatic rings. The summed E-state index contributed by atoms with van der Waals surface area (Å²) in [5.41, 5.74) is 1.45. The summed E-state index contributed by atoms with van der Waals surface area (Å²) in [7, 11) is -3.72. The fourth-order valence-electron chi connectivity index (χ4n) is 3.94. The van der Waals surface area contributed by atoms with E-state index >= 15 is 0 Å². The number of anilines is 1. The highest BCUT2D eigenvalue weighted by molar-refractivity contribution is 7.89. The number of sulfonamides is 1. The molecule has 0 N–H and O–H groups in total. The minimum Gasteiger partial charge on any atom is -0.452 e. The van der Waals surface area contributed by atoms with Crippen molar-refractivity contribution in [3.05, 3.63) is 59.7 Å². The topological polar surface area (TPSA) is 84.0 Å². The van der Waals surface area contributed by atoms with Crippen molar-refractivity contribution >= 4 is 27.6 Å². The summed E-state index contributed by atoms with van der Waals surface area (Å²) < 4.78 is 33.1. The second kappa shape index (κ2) is 10.3. The molecule has 1 aliphatic heterocycles. The minimum absolute atomic E-state index is 0.0644. The van der Waals surface area contributed by atoms with Crippen LogP contribution in [0.1, 0.15) is 49.0 Å². The first-order valence-electron chi connectivity index (χ1n) is 10.9. The molecule has 1 saturated heterocycles. The Hall–Kier alpha value is -2.71. The highest BCUT2D eigenvalue weighted by Crippen LogP contribution is 2.26. The summed E-state index contributed by atoms with van der Waals surface area (Å²) in [6.07, 6.45) is 2.64. The van der Waals surface area contributed by atoms with Crippen LogP contribution in [0, 0.1) is 6.92 Å². The van der Waals surface area contributed by atoms with Gasteiger partial charge in [0.05, 0.1) is 10.5 Å². The first-order valence-corrected chi connectivity index (χ1v) is 12.3. The van der Waals surface area contributed by atoms with E-state index in [-0.39, 0.29) is 22.4 Å². The molecule has 0 saturated carbocycles. The van der Waals surface area contributed by atoms with Gasteiger partial charge in [0.1, 0.15) is 0 Å². The normalized spacial score (nSPS) is 17.0. The average Bonchev–Trinajstić information content (AvgIpc) is 2.79. The second-order valence-electron chi connectivity index (χ2n) is 7.99. The molecule has 0 aromatic heterocycles. The smallest absolute Gasteiger partial charge is 0.338 e. The highest BCUT2D eigenvalue weighted by Gasteiger charge is 2.31. The van der Waals surface area contributed by atoms with Crippen LogP contribution < -0.4 is 4.90 Å². The van der Waals surface area contributed by atoms with Crippen LogP contribution in [-0.2, 0) is 19.6 Å². The van der Waals surface area contributed by atoms with E-state index < -0.39 is 22.6 Å². The molecule has 1 atom stereocenters. The summed E-state index contributed by atoms with van der Waals surface area (Å²) in [5, 5.41) is 0. The molecule has 7 nitrogen and oxygen atoms in total. The number of carbonyl (C=O) groups is 2. The number of carbonyl (C=O) groups excluding carboxylic acids is 2. The third kappa shape index (κ3) is 5.19. The fraction of sp³-hybridized carbons (Fsp3) is 0.417. The number of hydrogen-bond donors (Lipinski definition) is 0. The number of benzene rings is 2. The fourth-order valence-corrected chi connectivity index (χ4v) is 5.67. The number of hydrogen-bond acceptors (Lipinski definition) is 5. The van der Waals surface area contributed by atoms with Crippen LogP contribution in [0.2, 0.25) is 0 Å². The predicted octanol–water partition coefficient (Wildman–Crippen LogP) is 3.77. The molecule has 2 aromatic carbocycles. The Morgan fingerprint density at radius 3 is 2.50 bits per heavy atom. The van der Waals surface area contributed by atoms with Crippen molar-refractivity contribution in [1.82, 2.24) is 4.31 Å². The zero-order valence-corrected chi connectivity index (χ0v) is 19.6. The van der Waals surface area contributed by atoms with E-state index in [1.165, 1.54) is 21.3 Å². The Labute approximate surface area is 190 Å². The van der Waals surface area contributed by atoms with E-state index in [4.69, 9.17) is 4.74 Å². The molecule has 1 fully saturated rings.